The van der Waals surface area contributed by atoms with E-state index in [9.17, 15) is 13.0 Å². The van der Waals surface area contributed by atoms with E-state index in [-0.39, 0.29) is 48.3 Å². The van der Waals surface area contributed by atoms with E-state index in [0.717, 1.165) is 13.0 Å². The van der Waals surface area contributed by atoms with Crippen LogP contribution >= 0.6 is 23.5 Å². The second kappa shape index (κ2) is 11.9. The number of fused-ring (bicyclic) bond motifs is 3. The van der Waals surface area contributed by atoms with Gasteiger partial charge in [0.2, 0.25) is 0 Å². The summed E-state index contributed by atoms with van der Waals surface area (Å²) in [4.78, 5) is 4.95. The van der Waals surface area contributed by atoms with Gasteiger partial charge in [0.1, 0.15) is 0 Å². The first-order valence-electron chi connectivity index (χ1n) is 11.2. The van der Waals surface area contributed by atoms with Gasteiger partial charge in [-0.2, -0.15) is 0 Å². The van der Waals surface area contributed by atoms with E-state index in [4.69, 9.17) is 4.74 Å². The van der Waals surface area contributed by atoms with Gasteiger partial charge < -0.3 is 14.2 Å². The summed E-state index contributed by atoms with van der Waals surface area (Å²) in [6, 6.07) is 25.6. The maximum atomic E-state index is 10.7. The molecule has 35 heavy (non-hydrogen) atoms. The molecular formula is C26H24NNaO4S3. The predicted molar refractivity (Wildman–Crippen MR) is 139 cm³/mol. The van der Waals surface area contributed by atoms with E-state index in [1.54, 1.807) is 0 Å². The van der Waals surface area contributed by atoms with Gasteiger partial charge in [0.05, 0.1) is 14.4 Å². The summed E-state index contributed by atoms with van der Waals surface area (Å²) in [6.45, 7) is 1.56. The zero-order valence-corrected chi connectivity index (χ0v) is 23.9. The Bertz CT molecular complexity index is 1270. The summed E-state index contributed by atoms with van der Waals surface area (Å²) in [5.74, 6) is -0.378. The molecule has 0 aliphatic carbocycles. The van der Waals surface area contributed by atoms with E-state index >= 15 is 0 Å². The molecule has 5 nitrogen and oxygen atoms in total. The van der Waals surface area contributed by atoms with Crippen molar-refractivity contribution in [1.29, 1.82) is 0 Å². The average Bonchev–Trinajstić information content (AvgIpc) is 3.26. The Morgan fingerprint density at radius 1 is 0.771 bits per heavy atom. The first-order chi connectivity index (χ1) is 16.5. The Morgan fingerprint density at radius 2 is 1.29 bits per heavy atom. The molecule has 3 aromatic carbocycles. The van der Waals surface area contributed by atoms with Crippen molar-refractivity contribution in [3.63, 3.8) is 0 Å². The second-order valence-corrected chi connectivity index (χ2v) is 12.0. The Balaban J connectivity index is 0.00000289. The molecule has 0 spiro atoms. The van der Waals surface area contributed by atoms with Crippen LogP contribution in [0.3, 0.4) is 0 Å². The third-order valence-corrected chi connectivity index (χ3v) is 9.09. The van der Waals surface area contributed by atoms with Crippen molar-refractivity contribution >= 4 is 50.6 Å². The zero-order valence-electron chi connectivity index (χ0n) is 19.5. The summed E-state index contributed by atoms with van der Waals surface area (Å²) >= 11 is 3.68. The van der Waals surface area contributed by atoms with Crippen molar-refractivity contribution in [2.75, 3.05) is 30.4 Å². The van der Waals surface area contributed by atoms with Crippen LogP contribution < -0.4 is 34.5 Å². The Kier molecular flexibility index (Phi) is 9.10. The molecule has 0 bridgehead atoms. The number of rotatable bonds is 8. The summed E-state index contributed by atoms with van der Waals surface area (Å²) in [5, 5.41) is 0. The maximum Gasteiger partial charge on any atom is 1.00 e. The first kappa shape index (κ1) is 26.8. The van der Waals surface area contributed by atoms with Gasteiger partial charge in [-0.05, 0) is 37.1 Å². The molecule has 0 atom stereocenters. The average molecular weight is 534 g/mol. The van der Waals surface area contributed by atoms with E-state index in [0.29, 0.717) is 6.61 Å². The van der Waals surface area contributed by atoms with E-state index in [2.05, 4.69) is 77.7 Å². The molecule has 9 heteroatoms. The van der Waals surface area contributed by atoms with Crippen molar-refractivity contribution in [2.24, 2.45) is 0 Å². The topological polar surface area (TPSA) is 69.7 Å². The van der Waals surface area contributed by atoms with Crippen molar-refractivity contribution in [1.82, 2.24) is 0 Å². The van der Waals surface area contributed by atoms with Crippen molar-refractivity contribution < 1.29 is 47.3 Å². The fraction of sp³-hybridized carbons (Fsp3) is 0.231. The Morgan fingerprint density at radius 3 is 1.86 bits per heavy atom. The smallest absolute Gasteiger partial charge is 0.748 e. The molecule has 0 saturated carbocycles. The van der Waals surface area contributed by atoms with Crippen LogP contribution in [-0.4, -0.2) is 38.5 Å². The van der Waals surface area contributed by atoms with Gasteiger partial charge in [0.25, 0.3) is 0 Å². The minimum Gasteiger partial charge on any atom is -0.748 e. The Hall–Kier alpha value is -1.23. The van der Waals surface area contributed by atoms with Crippen LogP contribution in [0.5, 0.6) is 0 Å². The van der Waals surface area contributed by atoms with Gasteiger partial charge in [0, 0.05) is 63.4 Å². The molecule has 2 heterocycles. The number of thioether (sulfide) groups is 2. The van der Waals surface area contributed by atoms with Crippen molar-refractivity contribution in [3.8, 4) is 0 Å². The van der Waals surface area contributed by atoms with Crippen LogP contribution in [0.25, 0.3) is 5.57 Å². The molecule has 2 aliphatic rings. The van der Waals surface area contributed by atoms with Crippen LogP contribution in [0.2, 0.25) is 0 Å². The molecule has 176 valence electrons. The van der Waals surface area contributed by atoms with Crippen LogP contribution in [0, 0.1) is 0 Å². The van der Waals surface area contributed by atoms with E-state index < -0.39 is 10.1 Å². The quantitative estimate of drug-likeness (QED) is 0.250. The SMILES string of the molecule is O=S(=O)([O-])CCCOCCCN1c2ccccc2C(=C2Sc3ccccc3S2)c2ccccc21.[Na+]. The summed E-state index contributed by atoms with van der Waals surface area (Å²) < 4.78 is 39.1. The number of benzene rings is 3. The number of hydrogen-bond acceptors (Lipinski definition) is 7. The van der Waals surface area contributed by atoms with Crippen LogP contribution in [0.1, 0.15) is 24.0 Å². The van der Waals surface area contributed by atoms with Gasteiger partial charge in [-0.1, -0.05) is 72.1 Å². The third kappa shape index (κ3) is 6.19. The molecule has 0 fully saturated rings. The maximum absolute atomic E-state index is 10.7. The van der Waals surface area contributed by atoms with Gasteiger partial charge in [-0.3, -0.25) is 0 Å². The molecule has 5 rings (SSSR count). The van der Waals surface area contributed by atoms with Crippen molar-refractivity contribution in [2.45, 2.75) is 22.6 Å². The second-order valence-electron chi connectivity index (χ2n) is 8.08. The summed E-state index contributed by atoms with van der Waals surface area (Å²) in [5.41, 5.74) is 6.09. The third-order valence-electron chi connectivity index (χ3n) is 5.74. The molecule has 0 N–H and O–H groups in total. The molecule has 3 aromatic rings. The van der Waals surface area contributed by atoms with Gasteiger partial charge in [-0.15, -0.1) is 0 Å². The number of hydrogen-bond donors (Lipinski definition) is 0. The minimum absolute atomic E-state index is 0. The number of para-hydroxylation sites is 2. The standard InChI is InChI=1S/C26H25NO4S3.Na/c28-34(29,30)18-8-17-31-16-7-15-27-21-11-3-1-9-19(21)25(20-10-2-4-12-22(20)27)26-32-23-13-5-6-14-24(23)33-26;/h1-6,9-14H,7-8,15-18H2,(H,28,29,30);/q;+1/p-1. The van der Waals surface area contributed by atoms with E-state index in [1.165, 1.54) is 42.1 Å². The molecular weight excluding hydrogens is 509 g/mol. The predicted octanol–water partition coefficient (Wildman–Crippen LogP) is 3.10. The molecule has 0 aromatic heterocycles. The fourth-order valence-corrected chi connectivity index (χ4v) is 7.38. The molecule has 2 aliphatic heterocycles. The van der Waals surface area contributed by atoms with Crippen LogP contribution in [0.4, 0.5) is 11.4 Å². The largest absolute Gasteiger partial charge is 1.00 e. The molecule has 0 saturated heterocycles. The summed E-state index contributed by atoms with van der Waals surface area (Å²) in [7, 11) is -4.18. The van der Waals surface area contributed by atoms with Gasteiger partial charge >= 0.3 is 29.6 Å². The van der Waals surface area contributed by atoms with Gasteiger partial charge in [-0.25, -0.2) is 8.42 Å². The molecule has 0 radical (unpaired) electrons. The van der Waals surface area contributed by atoms with Gasteiger partial charge in [0.15, 0.2) is 0 Å². The molecule has 0 amide bonds. The fourth-order valence-electron chi connectivity index (χ4n) is 4.28. The van der Waals surface area contributed by atoms with Crippen LogP contribution in [0.15, 0.2) is 86.8 Å². The summed E-state index contributed by atoms with van der Waals surface area (Å²) in [6.07, 6.45) is 1.02. The molecule has 0 unspecified atom stereocenters. The van der Waals surface area contributed by atoms with Crippen molar-refractivity contribution in [3.05, 3.63) is 88.2 Å². The van der Waals surface area contributed by atoms with E-state index in [1.807, 2.05) is 23.5 Å². The number of ether oxygens (including phenoxy) is 1. The minimum atomic E-state index is -4.18. The zero-order chi connectivity index (χ0) is 23.5. The first-order valence-corrected chi connectivity index (χ1v) is 14.4. The Labute approximate surface area is 237 Å². The normalized spacial score (nSPS) is 14.3. The van der Waals surface area contributed by atoms with Crippen LogP contribution in [-0.2, 0) is 14.9 Å². The number of anilines is 2. The number of nitrogens with zero attached hydrogens (tertiary/aromatic N) is 1. The monoisotopic (exact) mass is 533 g/mol.